The second-order valence-electron chi connectivity index (χ2n) is 7.43. The Morgan fingerprint density at radius 2 is 1.46 bits per heavy atom. The SMILES string of the molecule is COC(=O)NCCNC(=O)c1ccc(-n2nc(-c3ccccc3O)nc2-c2ccccc2O)cc1. The third-order valence-corrected chi connectivity index (χ3v) is 5.14. The van der Waals surface area contributed by atoms with E-state index in [2.05, 4.69) is 25.5 Å². The topological polar surface area (TPSA) is 139 Å². The number of hydrogen-bond acceptors (Lipinski definition) is 7. The highest BCUT2D eigenvalue weighted by Crippen LogP contribution is 2.33. The number of ether oxygens (including phenoxy) is 1. The summed E-state index contributed by atoms with van der Waals surface area (Å²) in [4.78, 5) is 28.1. The van der Waals surface area contributed by atoms with E-state index in [4.69, 9.17) is 0 Å². The third kappa shape index (κ3) is 5.22. The summed E-state index contributed by atoms with van der Waals surface area (Å²) in [6, 6.07) is 20.1. The average molecular weight is 473 g/mol. The normalized spacial score (nSPS) is 10.5. The summed E-state index contributed by atoms with van der Waals surface area (Å²) in [7, 11) is 1.26. The lowest BCUT2D eigenvalue weighted by molar-refractivity contribution is 0.0953. The van der Waals surface area contributed by atoms with Crippen molar-refractivity contribution in [3.63, 3.8) is 0 Å². The van der Waals surface area contributed by atoms with Crippen molar-refractivity contribution in [1.82, 2.24) is 25.4 Å². The molecule has 0 fully saturated rings. The van der Waals surface area contributed by atoms with E-state index < -0.39 is 6.09 Å². The highest BCUT2D eigenvalue weighted by atomic mass is 16.5. The largest absolute Gasteiger partial charge is 0.507 e. The number of benzene rings is 3. The molecule has 178 valence electrons. The molecule has 0 bridgehead atoms. The van der Waals surface area contributed by atoms with Crippen LogP contribution in [0.5, 0.6) is 11.5 Å². The van der Waals surface area contributed by atoms with E-state index in [-0.39, 0.29) is 36.3 Å². The maximum atomic E-state index is 12.4. The highest BCUT2D eigenvalue weighted by molar-refractivity contribution is 5.94. The lowest BCUT2D eigenvalue weighted by atomic mass is 10.1. The molecule has 1 aromatic heterocycles. The van der Waals surface area contributed by atoms with E-state index in [0.29, 0.717) is 28.2 Å². The molecule has 4 rings (SSSR count). The van der Waals surface area contributed by atoms with Gasteiger partial charge in [0.2, 0.25) is 0 Å². The maximum absolute atomic E-state index is 12.4. The Kier molecular flexibility index (Phi) is 6.91. The summed E-state index contributed by atoms with van der Waals surface area (Å²) in [5.41, 5.74) is 1.92. The number of phenols is 2. The second-order valence-corrected chi connectivity index (χ2v) is 7.43. The van der Waals surface area contributed by atoms with Gasteiger partial charge >= 0.3 is 6.09 Å². The molecule has 0 atom stereocenters. The Balaban J connectivity index is 1.62. The number of amides is 2. The van der Waals surface area contributed by atoms with Crippen molar-refractivity contribution >= 4 is 12.0 Å². The summed E-state index contributed by atoms with van der Waals surface area (Å²) in [6.45, 7) is 0.467. The first-order chi connectivity index (χ1) is 17.0. The molecule has 4 aromatic rings. The van der Waals surface area contributed by atoms with Crippen LogP contribution >= 0.6 is 0 Å². The van der Waals surface area contributed by atoms with Crippen LogP contribution in [0.25, 0.3) is 28.5 Å². The van der Waals surface area contributed by atoms with Gasteiger partial charge in [0.25, 0.3) is 5.91 Å². The number of nitrogens with one attached hydrogen (secondary N) is 2. The fourth-order valence-corrected chi connectivity index (χ4v) is 3.37. The standard InChI is InChI=1S/C25H23N5O5/c1-35-25(34)27-15-14-26-24(33)16-10-12-17(13-11-16)30-23(19-7-3-5-9-21(19)32)28-22(29-30)18-6-2-4-8-20(18)31/h2-13,31-32H,14-15H2,1H3,(H,26,33)(H,27,34). The minimum absolute atomic E-state index is 0.0292. The molecule has 0 aliphatic rings. The number of rotatable bonds is 7. The van der Waals surface area contributed by atoms with Gasteiger partial charge in [-0.2, -0.15) is 0 Å². The average Bonchev–Trinajstić information content (AvgIpc) is 3.32. The zero-order chi connectivity index (χ0) is 24.8. The lowest BCUT2D eigenvalue weighted by Crippen LogP contribution is -2.34. The third-order valence-electron chi connectivity index (χ3n) is 5.14. The summed E-state index contributed by atoms with van der Waals surface area (Å²) >= 11 is 0. The van der Waals surface area contributed by atoms with E-state index in [1.165, 1.54) is 7.11 Å². The van der Waals surface area contributed by atoms with Gasteiger partial charge in [0.1, 0.15) is 11.5 Å². The fraction of sp³-hybridized carbons (Fsp3) is 0.120. The minimum atomic E-state index is -0.570. The molecule has 3 aromatic carbocycles. The molecule has 0 saturated heterocycles. The molecule has 10 nitrogen and oxygen atoms in total. The molecule has 2 amide bonds. The van der Waals surface area contributed by atoms with Gasteiger partial charge in [-0.3, -0.25) is 4.79 Å². The Bertz CT molecular complexity index is 1350. The summed E-state index contributed by atoms with van der Waals surface area (Å²) in [5.74, 6) is 0.398. The Morgan fingerprint density at radius 3 is 2.09 bits per heavy atom. The van der Waals surface area contributed by atoms with Gasteiger partial charge in [-0.1, -0.05) is 24.3 Å². The van der Waals surface area contributed by atoms with E-state index >= 15 is 0 Å². The number of phenolic OH excluding ortho intramolecular Hbond substituents is 2. The van der Waals surface area contributed by atoms with Crippen molar-refractivity contribution in [3.05, 3.63) is 78.4 Å². The molecule has 0 unspecified atom stereocenters. The predicted molar refractivity (Wildman–Crippen MR) is 128 cm³/mol. The Labute approximate surface area is 200 Å². The lowest BCUT2D eigenvalue weighted by Gasteiger charge is -2.09. The van der Waals surface area contributed by atoms with Crippen molar-refractivity contribution in [2.75, 3.05) is 20.2 Å². The molecule has 0 aliphatic carbocycles. The molecule has 0 saturated carbocycles. The quantitative estimate of drug-likeness (QED) is 0.303. The summed E-state index contributed by atoms with van der Waals surface area (Å²) in [5, 5.41) is 30.5. The van der Waals surface area contributed by atoms with Gasteiger partial charge in [0, 0.05) is 18.7 Å². The number of aromatic nitrogens is 3. The van der Waals surface area contributed by atoms with Crippen LogP contribution in [0.2, 0.25) is 0 Å². The zero-order valence-electron chi connectivity index (χ0n) is 18.8. The van der Waals surface area contributed by atoms with Crippen molar-refractivity contribution in [2.45, 2.75) is 0 Å². The first-order valence-electron chi connectivity index (χ1n) is 10.7. The molecule has 10 heteroatoms. The number of carbonyl (C=O) groups excluding carboxylic acids is 2. The Hall–Kier alpha value is -4.86. The minimum Gasteiger partial charge on any atom is -0.507 e. The van der Waals surface area contributed by atoms with E-state index in [0.717, 1.165) is 0 Å². The maximum Gasteiger partial charge on any atom is 0.406 e. The van der Waals surface area contributed by atoms with E-state index in [1.54, 1.807) is 77.5 Å². The number of aromatic hydroxyl groups is 2. The molecule has 0 radical (unpaired) electrons. The van der Waals surface area contributed by atoms with Gasteiger partial charge in [-0.15, -0.1) is 5.10 Å². The molecular weight excluding hydrogens is 450 g/mol. The molecule has 35 heavy (non-hydrogen) atoms. The second kappa shape index (κ2) is 10.4. The number of carbonyl (C=O) groups is 2. The zero-order valence-corrected chi connectivity index (χ0v) is 18.8. The molecule has 0 aliphatic heterocycles. The number of para-hydroxylation sites is 2. The van der Waals surface area contributed by atoms with Crippen LogP contribution in [-0.4, -0.2) is 57.2 Å². The molecular formula is C25H23N5O5. The van der Waals surface area contributed by atoms with Crippen molar-refractivity contribution in [2.24, 2.45) is 0 Å². The number of nitrogens with zero attached hydrogens (tertiary/aromatic N) is 3. The van der Waals surface area contributed by atoms with E-state index in [9.17, 15) is 19.8 Å². The number of methoxy groups -OCH3 is 1. The van der Waals surface area contributed by atoms with Crippen molar-refractivity contribution in [1.29, 1.82) is 0 Å². The van der Waals surface area contributed by atoms with Gasteiger partial charge in [0.15, 0.2) is 11.6 Å². The van der Waals surface area contributed by atoms with Crippen LogP contribution in [0.15, 0.2) is 72.8 Å². The monoisotopic (exact) mass is 473 g/mol. The molecule has 0 spiro atoms. The van der Waals surface area contributed by atoms with Gasteiger partial charge in [-0.25, -0.2) is 14.5 Å². The van der Waals surface area contributed by atoms with Crippen LogP contribution in [0, 0.1) is 0 Å². The van der Waals surface area contributed by atoms with Crippen LogP contribution < -0.4 is 10.6 Å². The van der Waals surface area contributed by atoms with Crippen molar-refractivity contribution < 1.29 is 24.5 Å². The first kappa shape index (κ1) is 23.3. The molecule has 1 heterocycles. The van der Waals surface area contributed by atoms with Crippen molar-refractivity contribution in [3.8, 4) is 40.0 Å². The molecule has 4 N–H and O–H groups in total. The predicted octanol–water partition coefficient (Wildman–Crippen LogP) is 3.10. The highest BCUT2D eigenvalue weighted by Gasteiger charge is 2.19. The van der Waals surface area contributed by atoms with Crippen LogP contribution in [0.4, 0.5) is 4.79 Å². The van der Waals surface area contributed by atoms with E-state index in [1.807, 2.05) is 0 Å². The smallest absolute Gasteiger partial charge is 0.406 e. The summed E-state index contributed by atoms with van der Waals surface area (Å²) < 4.78 is 6.02. The van der Waals surface area contributed by atoms with Crippen LogP contribution in [0.3, 0.4) is 0 Å². The van der Waals surface area contributed by atoms with Gasteiger partial charge < -0.3 is 25.6 Å². The van der Waals surface area contributed by atoms with Gasteiger partial charge in [-0.05, 0) is 48.5 Å². The first-order valence-corrected chi connectivity index (χ1v) is 10.7. The van der Waals surface area contributed by atoms with Crippen LogP contribution in [-0.2, 0) is 4.74 Å². The van der Waals surface area contributed by atoms with Gasteiger partial charge in [0.05, 0.1) is 23.9 Å². The Morgan fingerprint density at radius 1 is 0.857 bits per heavy atom. The summed E-state index contributed by atoms with van der Waals surface area (Å²) in [6.07, 6.45) is -0.570. The number of hydrogen-bond donors (Lipinski definition) is 4. The fourth-order valence-electron chi connectivity index (χ4n) is 3.37. The number of alkyl carbamates (subject to hydrolysis) is 1. The van der Waals surface area contributed by atoms with Crippen LogP contribution in [0.1, 0.15) is 10.4 Å².